The smallest absolute Gasteiger partial charge is 0.258 e. The van der Waals surface area contributed by atoms with Gasteiger partial charge in [0.15, 0.2) is 0 Å². The van der Waals surface area contributed by atoms with Gasteiger partial charge in [-0.15, -0.1) is 0 Å². The average Bonchev–Trinajstić information content (AvgIpc) is 3.38. The first-order valence-corrected chi connectivity index (χ1v) is 10.7. The van der Waals surface area contributed by atoms with Crippen molar-refractivity contribution in [2.24, 2.45) is 11.8 Å². The van der Waals surface area contributed by atoms with Crippen molar-refractivity contribution in [3.63, 3.8) is 0 Å². The Hall–Kier alpha value is -3.35. The first-order chi connectivity index (χ1) is 15.2. The molecule has 0 saturated carbocycles. The van der Waals surface area contributed by atoms with Crippen molar-refractivity contribution in [3.05, 3.63) is 54.2 Å². The van der Waals surface area contributed by atoms with Gasteiger partial charge in [-0.25, -0.2) is 4.98 Å². The predicted octanol–water partition coefficient (Wildman–Crippen LogP) is 3.25. The highest BCUT2D eigenvalue weighted by Crippen LogP contribution is 2.36. The van der Waals surface area contributed by atoms with Crippen LogP contribution in [0.1, 0.15) is 17.3 Å². The van der Waals surface area contributed by atoms with Gasteiger partial charge >= 0.3 is 0 Å². The molecule has 0 bridgehead atoms. The number of nitrogens with zero attached hydrogens (tertiary/aromatic N) is 4. The highest BCUT2D eigenvalue weighted by molar-refractivity contribution is 6.09. The Morgan fingerprint density at radius 1 is 1.06 bits per heavy atom. The summed E-state index contributed by atoms with van der Waals surface area (Å²) in [6.07, 6.45) is 1.72. The first kappa shape index (κ1) is 19.6. The lowest BCUT2D eigenvalue weighted by atomic mass is 10.0. The third kappa shape index (κ3) is 3.54. The summed E-state index contributed by atoms with van der Waals surface area (Å²) < 4.78 is 11.1. The number of carbonyl (C=O) groups is 1. The Kier molecular flexibility index (Phi) is 5.10. The zero-order valence-corrected chi connectivity index (χ0v) is 17.8. The van der Waals surface area contributed by atoms with Gasteiger partial charge in [-0.3, -0.25) is 4.79 Å². The van der Waals surface area contributed by atoms with E-state index < -0.39 is 0 Å². The lowest BCUT2D eigenvalue weighted by molar-refractivity contribution is 0.0780. The quantitative estimate of drug-likeness (QED) is 0.634. The third-order valence-electron chi connectivity index (χ3n) is 6.29. The molecule has 1 amide bonds. The second-order valence-electron chi connectivity index (χ2n) is 8.13. The number of fused-ring (bicyclic) bond motifs is 2. The van der Waals surface area contributed by atoms with Crippen LogP contribution in [-0.4, -0.2) is 60.7 Å². The molecule has 2 aromatic carbocycles. The lowest BCUT2D eigenvalue weighted by Crippen LogP contribution is -2.34. The van der Waals surface area contributed by atoms with Gasteiger partial charge in [0.2, 0.25) is 11.8 Å². The Balaban J connectivity index is 1.36. The highest BCUT2D eigenvalue weighted by atomic mass is 16.5. The van der Waals surface area contributed by atoms with Crippen LogP contribution in [0, 0.1) is 11.8 Å². The maximum Gasteiger partial charge on any atom is 0.258 e. The number of anilines is 1. The molecule has 3 heterocycles. The van der Waals surface area contributed by atoms with Crippen LogP contribution in [0.25, 0.3) is 10.8 Å². The molecule has 160 valence electrons. The van der Waals surface area contributed by atoms with Gasteiger partial charge in [-0.05, 0) is 23.8 Å². The molecule has 2 saturated heterocycles. The SMILES string of the molecule is CCOc1ccc2ccccc2c1C(=O)N1CC2CN(c3nccc(OC)n3)CC2C1. The van der Waals surface area contributed by atoms with Crippen molar-refractivity contribution in [1.29, 1.82) is 0 Å². The summed E-state index contributed by atoms with van der Waals surface area (Å²) in [6.45, 7) is 5.63. The van der Waals surface area contributed by atoms with Crippen LogP contribution < -0.4 is 14.4 Å². The van der Waals surface area contributed by atoms with Crippen molar-refractivity contribution in [3.8, 4) is 11.6 Å². The zero-order valence-electron chi connectivity index (χ0n) is 17.8. The largest absolute Gasteiger partial charge is 0.493 e. The number of carbonyl (C=O) groups excluding carboxylic acids is 1. The van der Waals surface area contributed by atoms with E-state index in [2.05, 4.69) is 14.9 Å². The van der Waals surface area contributed by atoms with E-state index in [1.807, 2.05) is 48.2 Å². The number of hydrogen-bond donors (Lipinski definition) is 0. The molecule has 1 aromatic heterocycles. The maximum absolute atomic E-state index is 13.6. The molecule has 0 radical (unpaired) electrons. The van der Waals surface area contributed by atoms with Gasteiger partial charge in [-0.2, -0.15) is 4.98 Å². The number of ether oxygens (including phenoxy) is 2. The van der Waals surface area contributed by atoms with Gasteiger partial charge in [0.25, 0.3) is 5.91 Å². The molecule has 7 nitrogen and oxygen atoms in total. The standard InChI is InChI=1S/C24H26N4O3/c1-3-31-20-9-8-16-6-4-5-7-19(16)22(20)23(29)27-12-17-14-28(15-18(17)13-27)24-25-11-10-21(26-24)30-2/h4-11,17-18H,3,12-15H2,1-2H3. The van der Waals surface area contributed by atoms with Crippen molar-refractivity contribution in [1.82, 2.24) is 14.9 Å². The van der Waals surface area contributed by atoms with E-state index in [1.54, 1.807) is 19.4 Å². The van der Waals surface area contributed by atoms with Crippen LogP contribution in [-0.2, 0) is 0 Å². The minimum absolute atomic E-state index is 0.0545. The number of hydrogen-bond acceptors (Lipinski definition) is 6. The van der Waals surface area contributed by atoms with Crippen molar-refractivity contribution >= 4 is 22.6 Å². The van der Waals surface area contributed by atoms with E-state index in [4.69, 9.17) is 9.47 Å². The fourth-order valence-electron chi connectivity index (χ4n) is 4.83. The molecular weight excluding hydrogens is 392 g/mol. The molecule has 7 heteroatoms. The summed E-state index contributed by atoms with van der Waals surface area (Å²) in [7, 11) is 1.61. The fourth-order valence-corrected chi connectivity index (χ4v) is 4.83. The number of amides is 1. The Bertz CT molecular complexity index is 1100. The summed E-state index contributed by atoms with van der Waals surface area (Å²) in [5, 5.41) is 2.00. The van der Waals surface area contributed by atoms with Crippen LogP contribution in [0.5, 0.6) is 11.6 Å². The van der Waals surface area contributed by atoms with Crippen LogP contribution in [0.3, 0.4) is 0 Å². The molecule has 2 aliphatic heterocycles. The van der Waals surface area contributed by atoms with Gasteiger partial charge in [0.05, 0.1) is 19.3 Å². The molecule has 31 heavy (non-hydrogen) atoms. The van der Waals surface area contributed by atoms with E-state index >= 15 is 0 Å². The molecule has 2 atom stereocenters. The average molecular weight is 418 g/mol. The number of benzene rings is 2. The molecule has 2 unspecified atom stereocenters. The molecule has 2 aliphatic rings. The zero-order chi connectivity index (χ0) is 21.4. The molecule has 0 N–H and O–H groups in total. The third-order valence-corrected chi connectivity index (χ3v) is 6.29. The normalized spacial score (nSPS) is 20.2. The first-order valence-electron chi connectivity index (χ1n) is 10.7. The van der Waals surface area contributed by atoms with Gasteiger partial charge in [0.1, 0.15) is 5.75 Å². The van der Waals surface area contributed by atoms with Gasteiger partial charge < -0.3 is 19.3 Å². The second-order valence-corrected chi connectivity index (χ2v) is 8.13. The molecular formula is C24H26N4O3. The van der Waals surface area contributed by atoms with Crippen LogP contribution in [0.2, 0.25) is 0 Å². The van der Waals surface area contributed by atoms with Crippen molar-refractivity contribution < 1.29 is 14.3 Å². The van der Waals surface area contributed by atoms with E-state index in [0.29, 0.717) is 41.6 Å². The van der Waals surface area contributed by atoms with Crippen LogP contribution >= 0.6 is 0 Å². The Labute approximate surface area is 181 Å². The van der Waals surface area contributed by atoms with E-state index in [-0.39, 0.29) is 5.91 Å². The van der Waals surface area contributed by atoms with Crippen LogP contribution in [0.15, 0.2) is 48.7 Å². The summed E-state index contributed by atoms with van der Waals surface area (Å²) in [5.41, 5.74) is 0.674. The van der Waals surface area contributed by atoms with Crippen molar-refractivity contribution in [2.75, 3.05) is 44.8 Å². The highest BCUT2D eigenvalue weighted by Gasteiger charge is 2.43. The van der Waals surface area contributed by atoms with E-state index in [0.717, 1.165) is 37.0 Å². The molecule has 2 fully saturated rings. The van der Waals surface area contributed by atoms with Gasteiger partial charge in [0, 0.05) is 50.3 Å². The van der Waals surface area contributed by atoms with E-state index in [9.17, 15) is 4.79 Å². The number of rotatable bonds is 5. The summed E-state index contributed by atoms with van der Waals surface area (Å²) in [6, 6.07) is 13.7. The van der Waals surface area contributed by atoms with Crippen LogP contribution in [0.4, 0.5) is 5.95 Å². The fraction of sp³-hybridized carbons (Fsp3) is 0.375. The molecule has 0 aliphatic carbocycles. The van der Waals surface area contributed by atoms with Gasteiger partial charge in [-0.1, -0.05) is 30.3 Å². The monoisotopic (exact) mass is 418 g/mol. The minimum atomic E-state index is 0.0545. The summed E-state index contributed by atoms with van der Waals surface area (Å²) in [5.74, 6) is 2.79. The second kappa shape index (κ2) is 8.06. The number of aromatic nitrogens is 2. The Morgan fingerprint density at radius 2 is 1.84 bits per heavy atom. The predicted molar refractivity (Wildman–Crippen MR) is 119 cm³/mol. The van der Waals surface area contributed by atoms with Crippen molar-refractivity contribution in [2.45, 2.75) is 6.92 Å². The Morgan fingerprint density at radius 3 is 2.58 bits per heavy atom. The lowest BCUT2D eigenvalue weighted by Gasteiger charge is -2.23. The molecule has 5 rings (SSSR count). The molecule has 3 aromatic rings. The molecule has 0 spiro atoms. The topological polar surface area (TPSA) is 67.8 Å². The van der Waals surface area contributed by atoms with E-state index in [1.165, 1.54) is 0 Å². The number of likely N-dealkylation sites (tertiary alicyclic amines) is 1. The maximum atomic E-state index is 13.6. The summed E-state index contributed by atoms with van der Waals surface area (Å²) >= 11 is 0. The summed E-state index contributed by atoms with van der Waals surface area (Å²) in [4.78, 5) is 26.7. The number of methoxy groups -OCH3 is 1. The minimum Gasteiger partial charge on any atom is -0.493 e.